The number of halogens is 2. The molecule has 128 valence electrons. The Morgan fingerprint density at radius 3 is 2.78 bits per heavy atom. The van der Waals surface area contributed by atoms with Crippen molar-refractivity contribution in [3.63, 3.8) is 0 Å². The zero-order valence-corrected chi connectivity index (χ0v) is 12.9. The second-order valence-corrected chi connectivity index (χ2v) is 5.29. The van der Waals surface area contributed by atoms with Crippen LogP contribution in [0.1, 0.15) is 12.5 Å². The first-order valence-corrected chi connectivity index (χ1v) is 7.17. The van der Waals surface area contributed by atoms with E-state index in [1.807, 2.05) is 6.92 Å². The summed E-state index contributed by atoms with van der Waals surface area (Å²) in [7, 11) is 1.30. The third-order valence-electron chi connectivity index (χ3n) is 3.79. The average molecular weight is 331 g/mol. The molecule has 0 aliphatic carbocycles. The Hall–Kier alpha value is -2.00. The van der Waals surface area contributed by atoms with Crippen molar-refractivity contribution >= 4 is 5.69 Å². The van der Waals surface area contributed by atoms with Gasteiger partial charge in [-0.2, -0.15) is 8.78 Å². The minimum Gasteiger partial charge on any atom is -0.493 e. The van der Waals surface area contributed by atoms with Gasteiger partial charge in [-0.25, -0.2) is 0 Å². The molecule has 9 heteroatoms. The van der Waals surface area contributed by atoms with E-state index in [0.717, 1.165) is 25.7 Å². The molecule has 1 aliphatic heterocycles. The summed E-state index contributed by atoms with van der Waals surface area (Å²) in [6.07, 6.45) is 0. The predicted molar refractivity (Wildman–Crippen MR) is 79.0 cm³/mol. The quantitative estimate of drug-likeness (QED) is 0.635. The van der Waals surface area contributed by atoms with Crippen molar-refractivity contribution in [3.8, 4) is 11.5 Å². The van der Waals surface area contributed by atoms with Gasteiger partial charge in [-0.15, -0.1) is 0 Å². The van der Waals surface area contributed by atoms with Crippen molar-refractivity contribution < 1.29 is 23.2 Å². The normalized spacial score (nSPS) is 18.9. The number of hydrogen-bond donors (Lipinski definition) is 1. The van der Waals surface area contributed by atoms with Crippen LogP contribution in [0.5, 0.6) is 11.5 Å². The van der Waals surface area contributed by atoms with Gasteiger partial charge in [0, 0.05) is 37.8 Å². The Bertz CT molecular complexity index is 571. The smallest absolute Gasteiger partial charge is 0.387 e. The summed E-state index contributed by atoms with van der Waals surface area (Å²) in [5.74, 6) is -0.292. The molecule has 1 fully saturated rings. The number of ether oxygens (including phenoxy) is 2. The summed E-state index contributed by atoms with van der Waals surface area (Å²) in [5, 5.41) is 14.5. The molecule has 0 amide bonds. The summed E-state index contributed by atoms with van der Waals surface area (Å²) in [4.78, 5) is 12.8. The molecule has 1 heterocycles. The maximum absolute atomic E-state index is 12.4. The van der Waals surface area contributed by atoms with Crippen LogP contribution in [0.4, 0.5) is 14.5 Å². The molecule has 1 N–H and O–H groups in total. The maximum Gasteiger partial charge on any atom is 0.387 e. The highest BCUT2D eigenvalue weighted by molar-refractivity contribution is 5.54. The van der Waals surface area contributed by atoms with E-state index in [1.165, 1.54) is 13.2 Å². The van der Waals surface area contributed by atoms with Crippen LogP contribution in [0.15, 0.2) is 12.1 Å². The van der Waals surface area contributed by atoms with Gasteiger partial charge in [-0.3, -0.25) is 15.0 Å². The van der Waals surface area contributed by atoms with Gasteiger partial charge in [0.2, 0.25) is 0 Å². The van der Waals surface area contributed by atoms with Gasteiger partial charge in [0.15, 0.2) is 11.5 Å². The van der Waals surface area contributed by atoms with E-state index in [-0.39, 0.29) is 23.2 Å². The van der Waals surface area contributed by atoms with Gasteiger partial charge >= 0.3 is 6.61 Å². The van der Waals surface area contributed by atoms with Gasteiger partial charge < -0.3 is 14.8 Å². The Labute approximate surface area is 132 Å². The summed E-state index contributed by atoms with van der Waals surface area (Å²) >= 11 is 0. The second-order valence-electron chi connectivity index (χ2n) is 5.29. The van der Waals surface area contributed by atoms with Crippen LogP contribution in [0.25, 0.3) is 0 Å². The fourth-order valence-electron chi connectivity index (χ4n) is 2.57. The first-order chi connectivity index (χ1) is 10.9. The molecule has 0 spiro atoms. The molecule has 0 saturated carbocycles. The van der Waals surface area contributed by atoms with E-state index in [2.05, 4.69) is 15.0 Å². The number of piperazine rings is 1. The number of nitrogens with one attached hydrogen (secondary N) is 1. The van der Waals surface area contributed by atoms with Gasteiger partial charge in [0.1, 0.15) is 0 Å². The molecule has 0 aromatic heterocycles. The summed E-state index contributed by atoms with van der Waals surface area (Å²) in [6.45, 7) is 1.60. The van der Waals surface area contributed by atoms with Gasteiger partial charge in [-0.1, -0.05) is 0 Å². The lowest BCUT2D eigenvalue weighted by atomic mass is 10.1. The summed E-state index contributed by atoms with van der Waals surface area (Å²) in [5.41, 5.74) is 0.148. The maximum atomic E-state index is 12.4. The molecule has 23 heavy (non-hydrogen) atoms. The number of nitro benzene ring substituents is 1. The van der Waals surface area contributed by atoms with Gasteiger partial charge in [0.25, 0.3) is 5.69 Å². The number of methoxy groups -OCH3 is 1. The molecular weight excluding hydrogens is 312 g/mol. The average Bonchev–Trinajstić information content (AvgIpc) is 2.49. The number of rotatable bonds is 6. The Morgan fingerprint density at radius 2 is 2.22 bits per heavy atom. The highest BCUT2D eigenvalue weighted by Crippen LogP contribution is 2.36. The molecule has 1 aromatic carbocycles. The molecule has 0 bridgehead atoms. The van der Waals surface area contributed by atoms with Crippen LogP contribution in [0, 0.1) is 10.1 Å². The predicted octanol–water partition coefficient (Wildman–Crippen LogP) is 2.00. The molecule has 1 aliphatic rings. The Balaban J connectivity index is 2.34. The third-order valence-corrected chi connectivity index (χ3v) is 3.79. The monoisotopic (exact) mass is 331 g/mol. The lowest BCUT2D eigenvalue weighted by Crippen LogP contribution is -2.49. The third kappa shape index (κ3) is 4.26. The first kappa shape index (κ1) is 17.4. The van der Waals surface area contributed by atoms with E-state index >= 15 is 0 Å². The molecule has 0 radical (unpaired) electrons. The van der Waals surface area contributed by atoms with Crippen LogP contribution in [-0.4, -0.2) is 49.2 Å². The SMILES string of the molecule is COc1cc(CN2CCNC[C@@H]2C)c([N+](=O)[O-])cc1OC(F)F. The number of nitrogens with zero attached hydrogens (tertiary/aromatic N) is 2. The summed E-state index contributed by atoms with van der Waals surface area (Å²) < 4.78 is 34.2. The molecule has 1 aromatic rings. The molecule has 7 nitrogen and oxygen atoms in total. The summed E-state index contributed by atoms with van der Waals surface area (Å²) in [6, 6.07) is 2.60. The standard InChI is InChI=1S/C14H19F2N3O4/c1-9-7-17-3-4-18(9)8-10-5-12(22-2)13(23-14(15)16)6-11(10)19(20)21/h5-6,9,14,17H,3-4,7-8H2,1-2H3/t9-/m0/s1. The zero-order chi connectivity index (χ0) is 17.0. The largest absolute Gasteiger partial charge is 0.493 e. The van der Waals surface area contributed by atoms with Crippen molar-refractivity contribution in [2.24, 2.45) is 0 Å². The van der Waals surface area contributed by atoms with Crippen molar-refractivity contribution in [1.82, 2.24) is 10.2 Å². The topological polar surface area (TPSA) is 76.9 Å². The van der Waals surface area contributed by atoms with Crippen molar-refractivity contribution in [3.05, 3.63) is 27.8 Å². The van der Waals surface area contributed by atoms with E-state index < -0.39 is 11.5 Å². The van der Waals surface area contributed by atoms with Crippen molar-refractivity contribution in [1.29, 1.82) is 0 Å². The van der Waals surface area contributed by atoms with Gasteiger partial charge in [-0.05, 0) is 13.0 Å². The Kier molecular flexibility index (Phi) is 5.67. The lowest BCUT2D eigenvalue weighted by Gasteiger charge is -2.33. The molecule has 0 unspecified atom stereocenters. The highest BCUT2D eigenvalue weighted by atomic mass is 19.3. The molecule has 1 atom stereocenters. The number of hydrogen-bond acceptors (Lipinski definition) is 6. The van der Waals surface area contributed by atoms with Crippen LogP contribution in [0.3, 0.4) is 0 Å². The minimum atomic E-state index is -3.08. The minimum absolute atomic E-state index is 0.0497. The number of benzene rings is 1. The van der Waals surface area contributed by atoms with E-state index in [4.69, 9.17) is 4.74 Å². The van der Waals surface area contributed by atoms with E-state index in [1.54, 1.807) is 0 Å². The van der Waals surface area contributed by atoms with E-state index in [9.17, 15) is 18.9 Å². The zero-order valence-electron chi connectivity index (χ0n) is 12.9. The molecule has 1 saturated heterocycles. The van der Waals surface area contributed by atoms with Crippen LogP contribution in [0.2, 0.25) is 0 Å². The molecule has 2 rings (SSSR count). The number of nitro groups is 1. The van der Waals surface area contributed by atoms with Crippen LogP contribution >= 0.6 is 0 Å². The van der Waals surface area contributed by atoms with Crippen molar-refractivity contribution in [2.45, 2.75) is 26.1 Å². The first-order valence-electron chi connectivity index (χ1n) is 7.17. The van der Waals surface area contributed by atoms with Crippen LogP contribution in [-0.2, 0) is 6.54 Å². The Morgan fingerprint density at radius 1 is 1.48 bits per heavy atom. The second kappa shape index (κ2) is 7.51. The lowest BCUT2D eigenvalue weighted by molar-refractivity contribution is -0.385. The number of alkyl halides is 2. The van der Waals surface area contributed by atoms with E-state index in [0.29, 0.717) is 12.1 Å². The van der Waals surface area contributed by atoms with Crippen LogP contribution < -0.4 is 14.8 Å². The van der Waals surface area contributed by atoms with Gasteiger partial charge in [0.05, 0.1) is 18.1 Å². The van der Waals surface area contributed by atoms with Crippen molar-refractivity contribution in [2.75, 3.05) is 26.7 Å². The molecular formula is C14H19F2N3O4. The highest BCUT2D eigenvalue weighted by Gasteiger charge is 2.25. The fraction of sp³-hybridized carbons (Fsp3) is 0.571. The fourth-order valence-corrected chi connectivity index (χ4v) is 2.57.